The Balaban J connectivity index is 2.06. The number of aromatic nitrogens is 3. The summed E-state index contributed by atoms with van der Waals surface area (Å²) in [5.74, 6) is 0.837. The van der Waals surface area contributed by atoms with Crippen molar-refractivity contribution in [3.8, 4) is 5.75 Å². The number of imidazole rings is 1. The van der Waals surface area contributed by atoms with E-state index in [1.165, 1.54) is 18.0 Å². The van der Waals surface area contributed by atoms with Crippen molar-refractivity contribution in [2.24, 2.45) is 0 Å². The first-order valence-electron chi connectivity index (χ1n) is 8.35. The van der Waals surface area contributed by atoms with Crippen molar-refractivity contribution in [2.75, 3.05) is 0 Å². The minimum Gasteiger partial charge on any atom is -0.506 e. The Morgan fingerprint density at radius 1 is 1.15 bits per heavy atom. The molecule has 1 aromatic carbocycles. The Bertz CT molecular complexity index is 923. The van der Waals surface area contributed by atoms with E-state index in [9.17, 15) is 10.2 Å². The standard InChI is InChI=1S/C19H19Cl2N3O2S/c1-11(2)18-19(27-16-6-12(20)5-13(21)7-16)24(17(10-25)23-18)9-14-3-4-15(26)8-22-14/h3-8,11,25-26H,9-10H2,1-2H3. The van der Waals surface area contributed by atoms with Gasteiger partial charge in [-0.25, -0.2) is 4.98 Å². The number of aromatic hydroxyl groups is 1. The molecule has 0 aliphatic heterocycles. The van der Waals surface area contributed by atoms with Crippen LogP contribution < -0.4 is 0 Å². The van der Waals surface area contributed by atoms with Crippen molar-refractivity contribution < 1.29 is 10.2 Å². The summed E-state index contributed by atoms with van der Waals surface area (Å²) in [7, 11) is 0. The summed E-state index contributed by atoms with van der Waals surface area (Å²) < 4.78 is 1.94. The lowest BCUT2D eigenvalue weighted by Crippen LogP contribution is -2.08. The van der Waals surface area contributed by atoms with E-state index in [1.807, 2.05) is 16.7 Å². The molecule has 0 saturated carbocycles. The SMILES string of the molecule is CC(C)c1nc(CO)n(Cc2ccc(O)cn2)c1Sc1cc(Cl)cc(Cl)c1. The smallest absolute Gasteiger partial charge is 0.136 e. The van der Waals surface area contributed by atoms with Crippen molar-refractivity contribution in [1.82, 2.24) is 14.5 Å². The van der Waals surface area contributed by atoms with Crippen molar-refractivity contribution in [2.45, 2.75) is 42.8 Å². The van der Waals surface area contributed by atoms with Crippen LogP contribution in [0.2, 0.25) is 10.0 Å². The van der Waals surface area contributed by atoms with E-state index in [-0.39, 0.29) is 18.3 Å². The number of hydrogen-bond acceptors (Lipinski definition) is 5. The molecule has 0 saturated heterocycles. The molecule has 5 nitrogen and oxygen atoms in total. The van der Waals surface area contributed by atoms with Crippen molar-refractivity contribution in [3.63, 3.8) is 0 Å². The predicted molar refractivity (Wildman–Crippen MR) is 108 cm³/mol. The summed E-state index contributed by atoms with van der Waals surface area (Å²) in [4.78, 5) is 9.77. The third-order valence-electron chi connectivity index (χ3n) is 3.89. The quantitative estimate of drug-likeness (QED) is 0.576. The third-order valence-corrected chi connectivity index (χ3v) is 5.42. The van der Waals surface area contributed by atoms with Gasteiger partial charge < -0.3 is 14.8 Å². The minimum absolute atomic E-state index is 0.109. The predicted octanol–water partition coefficient (Wildman–Crippen LogP) is 5.11. The van der Waals surface area contributed by atoms with Gasteiger partial charge in [0.25, 0.3) is 0 Å². The highest BCUT2D eigenvalue weighted by Gasteiger charge is 2.21. The van der Waals surface area contributed by atoms with Crippen LogP contribution in [0.3, 0.4) is 0 Å². The van der Waals surface area contributed by atoms with Crippen LogP contribution >= 0.6 is 35.0 Å². The number of benzene rings is 1. The minimum atomic E-state index is -0.186. The summed E-state index contributed by atoms with van der Waals surface area (Å²) in [5.41, 5.74) is 1.64. The monoisotopic (exact) mass is 423 g/mol. The molecule has 142 valence electrons. The van der Waals surface area contributed by atoms with Crippen molar-refractivity contribution in [3.05, 3.63) is 63.8 Å². The van der Waals surface area contributed by atoms with Crippen LogP contribution in [0.5, 0.6) is 5.75 Å². The normalized spacial score (nSPS) is 11.3. The Morgan fingerprint density at radius 3 is 2.41 bits per heavy atom. The van der Waals surface area contributed by atoms with E-state index in [0.29, 0.717) is 22.4 Å². The highest BCUT2D eigenvalue weighted by molar-refractivity contribution is 7.99. The Hall–Kier alpha value is -1.73. The maximum atomic E-state index is 9.82. The van der Waals surface area contributed by atoms with Gasteiger partial charge in [-0.1, -0.05) is 48.8 Å². The fourth-order valence-corrected chi connectivity index (χ4v) is 4.56. The zero-order valence-electron chi connectivity index (χ0n) is 14.9. The van der Waals surface area contributed by atoms with Crippen molar-refractivity contribution in [1.29, 1.82) is 0 Å². The van der Waals surface area contributed by atoms with E-state index in [4.69, 9.17) is 23.2 Å². The molecule has 2 N–H and O–H groups in total. The lowest BCUT2D eigenvalue weighted by atomic mass is 10.1. The maximum Gasteiger partial charge on any atom is 0.136 e. The molecule has 8 heteroatoms. The van der Waals surface area contributed by atoms with Crippen molar-refractivity contribution >= 4 is 35.0 Å². The number of pyridine rings is 1. The molecular formula is C19H19Cl2N3O2S. The first-order valence-corrected chi connectivity index (χ1v) is 9.92. The van der Waals surface area contributed by atoms with E-state index < -0.39 is 0 Å². The summed E-state index contributed by atoms with van der Waals surface area (Å²) in [6.07, 6.45) is 1.40. The van der Waals surface area contributed by atoms with Gasteiger partial charge in [0.2, 0.25) is 0 Å². The number of aliphatic hydroxyl groups is 1. The molecule has 3 rings (SSSR count). The second kappa shape index (κ2) is 8.52. The number of halogens is 2. The molecule has 0 bridgehead atoms. The third kappa shape index (κ3) is 4.76. The average molecular weight is 424 g/mol. The molecule has 2 aromatic heterocycles. The van der Waals surface area contributed by atoms with Gasteiger partial charge in [-0.15, -0.1) is 0 Å². The van der Waals surface area contributed by atoms with Gasteiger partial charge in [-0.2, -0.15) is 0 Å². The maximum absolute atomic E-state index is 9.82. The second-order valence-corrected chi connectivity index (χ2v) is 8.27. The van der Waals surface area contributed by atoms with Gasteiger partial charge in [-0.05, 0) is 36.2 Å². The molecular weight excluding hydrogens is 405 g/mol. The van der Waals surface area contributed by atoms with Crippen LogP contribution in [-0.4, -0.2) is 24.7 Å². The number of rotatable bonds is 6. The molecule has 3 aromatic rings. The van der Waals surface area contributed by atoms with Crippen LogP contribution in [0.4, 0.5) is 0 Å². The molecule has 0 spiro atoms. The highest BCUT2D eigenvalue weighted by atomic mass is 35.5. The molecule has 0 aliphatic rings. The summed E-state index contributed by atoms with van der Waals surface area (Å²) >= 11 is 13.8. The van der Waals surface area contributed by atoms with Crippen LogP contribution in [0.25, 0.3) is 0 Å². The van der Waals surface area contributed by atoms with Crippen LogP contribution in [0.1, 0.15) is 37.0 Å². The molecule has 0 fully saturated rings. The number of aliphatic hydroxyl groups excluding tert-OH is 1. The van der Waals surface area contributed by atoms with E-state index in [2.05, 4.69) is 23.8 Å². The van der Waals surface area contributed by atoms with Gasteiger partial charge in [0.15, 0.2) is 0 Å². The molecule has 27 heavy (non-hydrogen) atoms. The van der Waals surface area contributed by atoms with E-state index in [0.717, 1.165) is 21.3 Å². The van der Waals surface area contributed by atoms with Gasteiger partial charge in [0, 0.05) is 14.9 Å². The zero-order valence-corrected chi connectivity index (χ0v) is 17.2. The van der Waals surface area contributed by atoms with E-state index >= 15 is 0 Å². The van der Waals surface area contributed by atoms with Crippen LogP contribution in [-0.2, 0) is 13.2 Å². The average Bonchev–Trinajstić information content (AvgIpc) is 2.94. The second-order valence-electron chi connectivity index (χ2n) is 6.33. The van der Waals surface area contributed by atoms with Gasteiger partial charge in [-0.3, -0.25) is 4.98 Å². The fourth-order valence-electron chi connectivity index (χ4n) is 2.64. The summed E-state index contributed by atoms with van der Waals surface area (Å²) in [6, 6.07) is 8.71. The van der Waals surface area contributed by atoms with Crippen LogP contribution in [0, 0.1) is 0 Å². The highest BCUT2D eigenvalue weighted by Crippen LogP contribution is 2.37. The van der Waals surface area contributed by atoms with Gasteiger partial charge in [0.05, 0.1) is 24.1 Å². The first-order chi connectivity index (χ1) is 12.9. The molecule has 0 atom stereocenters. The Morgan fingerprint density at radius 2 is 1.85 bits per heavy atom. The lowest BCUT2D eigenvalue weighted by molar-refractivity contribution is 0.264. The van der Waals surface area contributed by atoms with E-state index in [1.54, 1.807) is 18.2 Å². The van der Waals surface area contributed by atoms with Crippen LogP contribution in [0.15, 0.2) is 46.5 Å². The van der Waals surface area contributed by atoms with Gasteiger partial charge >= 0.3 is 0 Å². The molecule has 0 amide bonds. The molecule has 0 radical (unpaired) electrons. The summed E-state index contributed by atoms with van der Waals surface area (Å²) in [5, 5.41) is 21.3. The number of nitrogens with zero attached hydrogens (tertiary/aromatic N) is 3. The Kier molecular flexibility index (Phi) is 6.32. The summed E-state index contributed by atoms with van der Waals surface area (Å²) in [6.45, 7) is 4.35. The fraction of sp³-hybridized carbons (Fsp3) is 0.263. The molecule has 0 unspecified atom stereocenters. The molecule has 2 heterocycles. The largest absolute Gasteiger partial charge is 0.506 e. The zero-order chi connectivity index (χ0) is 19.6. The lowest BCUT2D eigenvalue weighted by Gasteiger charge is -2.13. The number of hydrogen-bond donors (Lipinski definition) is 2. The first kappa shape index (κ1) is 20.0. The topological polar surface area (TPSA) is 71.2 Å². The molecule has 0 aliphatic carbocycles. The van der Waals surface area contributed by atoms with Gasteiger partial charge in [0.1, 0.15) is 23.2 Å². The Labute approximate surface area is 172 Å².